The summed E-state index contributed by atoms with van der Waals surface area (Å²) in [5, 5.41) is 6.00. The van der Waals surface area contributed by atoms with Crippen molar-refractivity contribution in [1.82, 2.24) is 5.43 Å². The van der Waals surface area contributed by atoms with Gasteiger partial charge in [0.2, 0.25) is 0 Å². The summed E-state index contributed by atoms with van der Waals surface area (Å²) >= 11 is 0. The van der Waals surface area contributed by atoms with Crippen LogP contribution in [0, 0.1) is 5.82 Å². The summed E-state index contributed by atoms with van der Waals surface area (Å²) in [4.78, 5) is 25.2. The molecule has 6 nitrogen and oxygen atoms in total. The maximum atomic E-state index is 13.0. The van der Waals surface area contributed by atoms with E-state index in [0.29, 0.717) is 0 Å². The number of hydrazone groups is 1. The predicted molar refractivity (Wildman–Crippen MR) is 91.5 cm³/mol. The van der Waals surface area contributed by atoms with Crippen LogP contribution in [0.15, 0.2) is 53.6 Å². The first-order valence-corrected chi connectivity index (χ1v) is 7.13. The summed E-state index contributed by atoms with van der Waals surface area (Å²) in [6, 6.07) is 12.7. The van der Waals surface area contributed by atoms with Gasteiger partial charge in [-0.25, -0.2) is 9.82 Å². The van der Waals surface area contributed by atoms with Crippen LogP contribution in [-0.4, -0.2) is 32.1 Å². The fourth-order valence-corrected chi connectivity index (χ4v) is 1.83. The molecule has 0 atom stereocenters. The summed E-state index contributed by atoms with van der Waals surface area (Å²) in [6.07, 6.45) is 1.42. The Hall–Kier alpha value is -3.22. The Balaban J connectivity index is 1.88. The number of rotatable bonds is 4. The number of hydrogen-bond acceptors (Lipinski definition) is 4. The largest absolute Gasteiger partial charge is 0.378 e. The van der Waals surface area contributed by atoms with Gasteiger partial charge in [0.1, 0.15) is 5.82 Å². The van der Waals surface area contributed by atoms with Crippen molar-refractivity contribution >= 4 is 29.4 Å². The molecular formula is C17H17FN4O2. The maximum absolute atomic E-state index is 13.0. The molecule has 24 heavy (non-hydrogen) atoms. The Morgan fingerprint density at radius 1 is 1.08 bits per heavy atom. The zero-order valence-electron chi connectivity index (χ0n) is 13.3. The van der Waals surface area contributed by atoms with E-state index in [1.165, 1.54) is 24.4 Å². The van der Waals surface area contributed by atoms with E-state index in [9.17, 15) is 14.0 Å². The molecule has 124 valence electrons. The molecule has 0 saturated carbocycles. The lowest BCUT2D eigenvalue weighted by Crippen LogP contribution is -2.32. The number of nitrogens with zero attached hydrogens (tertiary/aromatic N) is 2. The minimum Gasteiger partial charge on any atom is -0.378 e. The highest BCUT2D eigenvalue weighted by Gasteiger charge is 2.12. The molecule has 0 aliphatic rings. The molecule has 2 amide bonds. The number of halogens is 1. The van der Waals surface area contributed by atoms with E-state index < -0.39 is 17.6 Å². The Morgan fingerprint density at radius 3 is 2.42 bits per heavy atom. The van der Waals surface area contributed by atoms with Crippen LogP contribution in [0.3, 0.4) is 0 Å². The van der Waals surface area contributed by atoms with Gasteiger partial charge in [-0.3, -0.25) is 9.59 Å². The van der Waals surface area contributed by atoms with Crippen molar-refractivity contribution in [3.8, 4) is 0 Å². The van der Waals surface area contributed by atoms with Crippen LogP contribution in [-0.2, 0) is 9.59 Å². The number of benzene rings is 2. The Kier molecular flexibility index (Phi) is 5.62. The van der Waals surface area contributed by atoms with Crippen LogP contribution in [0.2, 0.25) is 0 Å². The molecule has 7 heteroatoms. The van der Waals surface area contributed by atoms with Gasteiger partial charge in [0, 0.05) is 25.5 Å². The molecule has 0 aromatic heterocycles. The molecule has 0 bridgehead atoms. The fourth-order valence-electron chi connectivity index (χ4n) is 1.83. The van der Waals surface area contributed by atoms with Gasteiger partial charge in [0.15, 0.2) is 0 Å². The van der Waals surface area contributed by atoms with Crippen LogP contribution in [0.1, 0.15) is 5.56 Å². The summed E-state index contributed by atoms with van der Waals surface area (Å²) in [7, 11) is 3.86. The Labute approximate surface area is 139 Å². The van der Waals surface area contributed by atoms with Gasteiger partial charge in [-0.05, 0) is 35.9 Å². The number of carbonyl (C=O) groups is 2. The average molecular weight is 328 g/mol. The van der Waals surface area contributed by atoms with Gasteiger partial charge in [0.25, 0.3) is 0 Å². The molecule has 2 aromatic carbocycles. The quantitative estimate of drug-likeness (QED) is 0.512. The van der Waals surface area contributed by atoms with Gasteiger partial charge in [-0.15, -0.1) is 0 Å². The molecule has 0 spiro atoms. The van der Waals surface area contributed by atoms with E-state index in [1.807, 2.05) is 43.3 Å². The van der Waals surface area contributed by atoms with Gasteiger partial charge < -0.3 is 10.2 Å². The number of amides is 2. The van der Waals surface area contributed by atoms with E-state index in [2.05, 4.69) is 15.8 Å². The molecule has 2 rings (SSSR count). The number of nitrogens with one attached hydrogen (secondary N) is 2. The molecule has 2 aromatic rings. The van der Waals surface area contributed by atoms with Crippen molar-refractivity contribution in [3.05, 3.63) is 59.9 Å². The van der Waals surface area contributed by atoms with Crippen LogP contribution in [0.4, 0.5) is 15.8 Å². The third-order valence-electron chi connectivity index (χ3n) is 3.08. The molecule has 0 unspecified atom stereocenters. The van der Waals surface area contributed by atoms with Gasteiger partial charge in [0.05, 0.1) is 6.21 Å². The molecule has 2 N–H and O–H groups in total. The smallest absolute Gasteiger partial charge is 0.329 e. The molecule has 0 fully saturated rings. The highest BCUT2D eigenvalue weighted by Crippen LogP contribution is 2.11. The number of hydrogen-bond donors (Lipinski definition) is 2. The minimum atomic E-state index is -0.944. The lowest BCUT2D eigenvalue weighted by Gasteiger charge is -2.11. The monoisotopic (exact) mass is 328 g/mol. The Bertz CT molecular complexity index is 757. The second-order valence-electron chi connectivity index (χ2n) is 5.15. The van der Waals surface area contributed by atoms with Crippen LogP contribution >= 0.6 is 0 Å². The van der Waals surface area contributed by atoms with Gasteiger partial charge in [-0.2, -0.15) is 5.10 Å². The summed E-state index contributed by atoms with van der Waals surface area (Å²) < 4.78 is 13.0. The topological polar surface area (TPSA) is 73.8 Å². The van der Waals surface area contributed by atoms with Crippen molar-refractivity contribution in [3.63, 3.8) is 0 Å². The molecule has 0 heterocycles. The highest BCUT2D eigenvalue weighted by molar-refractivity contribution is 6.39. The van der Waals surface area contributed by atoms with E-state index >= 15 is 0 Å². The summed E-state index contributed by atoms with van der Waals surface area (Å²) in [5.41, 5.74) is 4.11. The van der Waals surface area contributed by atoms with E-state index in [4.69, 9.17) is 0 Å². The standard InChI is InChI=1S/C17H17FN4O2/c1-22(2)15-8-6-12(7-9-15)11-19-21-17(24)16(23)20-14-5-3-4-13(18)10-14/h3-11H,1-2H3,(H,20,23)(H,21,24). The van der Waals surface area contributed by atoms with E-state index in [-0.39, 0.29) is 5.69 Å². The van der Waals surface area contributed by atoms with Crippen LogP contribution in [0.25, 0.3) is 0 Å². The van der Waals surface area contributed by atoms with Gasteiger partial charge in [-0.1, -0.05) is 18.2 Å². The van der Waals surface area contributed by atoms with Gasteiger partial charge >= 0.3 is 11.8 Å². The predicted octanol–water partition coefficient (Wildman–Crippen LogP) is 1.98. The molecule has 0 radical (unpaired) electrons. The molecule has 0 aliphatic carbocycles. The Morgan fingerprint density at radius 2 is 1.79 bits per heavy atom. The minimum absolute atomic E-state index is 0.193. The van der Waals surface area contributed by atoms with Crippen molar-refractivity contribution in [2.75, 3.05) is 24.3 Å². The summed E-state index contributed by atoms with van der Waals surface area (Å²) in [6.45, 7) is 0. The first-order valence-electron chi connectivity index (χ1n) is 7.13. The second kappa shape index (κ2) is 7.87. The summed E-state index contributed by atoms with van der Waals surface area (Å²) in [5.74, 6) is -2.38. The third kappa shape index (κ3) is 4.91. The second-order valence-corrected chi connectivity index (χ2v) is 5.15. The number of anilines is 2. The van der Waals surface area contributed by atoms with Crippen molar-refractivity contribution < 1.29 is 14.0 Å². The average Bonchev–Trinajstić information content (AvgIpc) is 2.55. The van der Waals surface area contributed by atoms with Crippen molar-refractivity contribution in [2.45, 2.75) is 0 Å². The zero-order chi connectivity index (χ0) is 17.5. The van der Waals surface area contributed by atoms with Crippen molar-refractivity contribution in [2.24, 2.45) is 5.10 Å². The lowest BCUT2D eigenvalue weighted by molar-refractivity contribution is -0.136. The third-order valence-corrected chi connectivity index (χ3v) is 3.08. The number of carbonyl (C=O) groups excluding carboxylic acids is 2. The highest BCUT2D eigenvalue weighted by atomic mass is 19.1. The molecular weight excluding hydrogens is 311 g/mol. The molecule has 0 saturated heterocycles. The maximum Gasteiger partial charge on any atom is 0.329 e. The first-order chi connectivity index (χ1) is 11.5. The molecule has 0 aliphatic heterocycles. The van der Waals surface area contributed by atoms with Crippen LogP contribution < -0.4 is 15.6 Å². The normalized spacial score (nSPS) is 10.5. The van der Waals surface area contributed by atoms with E-state index in [1.54, 1.807) is 0 Å². The zero-order valence-corrected chi connectivity index (χ0v) is 13.3. The first kappa shape index (κ1) is 17.1. The SMILES string of the molecule is CN(C)c1ccc(C=NNC(=O)C(=O)Nc2cccc(F)c2)cc1. The van der Waals surface area contributed by atoms with Crippen molar-refractivity contribution in [1.29, 1.82) is 0 Å². The fraction of sp³-hybridized carbons (Fsp3) is 0.118. The lowest BCUT2D eigenvalue weighted by atomic mass is 10.2. The van der Waals surface area contributed by atoms with Crippen LogP contribution in [0.5, 0.6) is 0 Å². The van der Waals surface area contributed by atoms with E-state index in [0.717, 1.165) is 17.3 Å².